The summed E-state index contributed by atoms with van der Waals surface area (Å²) < 4.78 is 1.87. The van der Waals surface area contributed by atoms with Crippen molar-refractivity contribution in [3.05, 3.63) is 58.4 Å². The van der Waals surface area contributed by atoms with Gasteiger partial charge in [0.1, 0.15) is 0 Å². The van der Waals surface area contributed by atoms with Crippen molar-refractivity contribution in [2.45, 2.75) is 27.2 Å². The number of benzene rings is 1. The molecule has 5 nitrogen and oxygen atoms in total. The van der Waals surface area contributed by atoms with Crippen molar-refractivity contribution in [2.75, 3.05) is 26.2 Å². The number of rotatable bonds is 3. The van der Waals surface area contributed by atoms with Gasteiger partial charge in [0.05, 0.1) is 12.0 Å². The number of nitrogens with zero attached hydrogens (tertiary/aromatic N) is 3. The lowest BCUT2D eigenvalue weighted by Crippen LogP contribution is -2.51. The van der Waals surface area contributed by atoms with Crippen molar-refractivity contribution >= 4 is 11.8 Å². The number of hydrogen-bond donors (Lipinski definition) is 0. The third-order valence-electron chi connectivity index (χ3n) is 5.17. The van der Waals surface area contributed by atoms with Crippen LogP contribution < -0.4 is 0 Å². The van der Waals surface area contributed by atoms with Gasteiger partial charge in [-0.25, -0.2) is 0 Å². The third-order valence-corrected chi connectivity index (χ3v) is 5.17. The molecule has 1 saturated heterocycles. The first-order valence-electron chi connectivity index (χ1n) is 9.11. The highest BCUT2D eigenvalue weighted by atomic mass is 16.2. The molecule has 0 atom stereocenters. The van der Waals surface area contributed by atoms with Gasteiger partial charge in [-0.3, -0.25) is 9.59 Å². The number of piperazine rings is 1. The summed E-state index contributed by atoms with van der Waals surface area (Å²) in [5.41, 5.74) is 5.41. The lowest BCUT2D eigenvalue weighted by Gasteiger charge is -2.35. The molecular weight excluding hydrogens is 326 g/mol. The van der Waals surface area contributed by atoms with Crippen LogP contribution in [0.2, 0.25) is 0 Å². The molecule has 0 radical (unpaired) electrons. The molecule has 0 bridgehead atoms. The number of aryl methyl sites for hydroxylation is 4. The van der Waals surface area contributed by atoms with E-state index in [1.807, 2.05) is 39.9 Å². The van der Waals surface area contributed by atoms with Crippen LogP contribution in [-0.4, -0.2) is 52.4 Å². The van der Waals surface area contributed by atoms with E-state index in [2.05, 4.69) is 32.9 Å². The fourth-order valence-electron chi connectivity index (χ4n) is 3.72. The Bertz CT molecular complexity index is 807. The van der Waals surface area contributed by atoms with E-state index in [4.69, 9.17) is 0 Å². The summed E-state index contributed by atoms with van der Waals surface area (Å²) >= 11 is 0. The van der Waals surface area contributed by atoms with Gasteiger partial charge in [0.2, 0.25) is 5.91 Å². The Labute approximate surface area is 155 Å². The topological polar surface area (TPSA) is 45.6 Å². The molecule has 1 fully saturated rings. The standard InChI is InChI=1S/C21H27N3O2/c1-15-11-16(2)19(17(3)12-15)13-20(25)23-7-9-24(10-8-23)21(26)18-5-6-22(4)14-18/h5-6,11-12,14H,7-10,13H2,1-4H3. The first-order valence-corrected chi connectivity index (χ1v) is 9.11. The van der Waals surface area contributed by atoms with E-state index in [0.717, 1.165) is 5.56 Å². The van der Waals surface area contributed by atoms with Crippen LogP contribution in [0.15, 0.2) is 30.6 Å². The summed E-state index contributed by atoms with van der Waals surface area (Å²) in [5, 5.41) is 0. The van der Waals surface area contributed by atoms with Crippen LogP contribution >= 0.6 is 0 Å². The Balaban J connectivity index is 1.60. The fraction of sp³-hybridized carbons (Fsp3) is 0.429. The number of carbonyl (C=O) groups excluding carboxylic acids is 2. The van der Waals surface area contributed by atoms with E-state index in [0.29, 0.717) is 38.2 Å². The molecule has 0 N–H and O–H groups in total. The summed E-state index contributed by atoms with van der Waals surface area (Å²) in [6.45, 7) is 8.59. The summed E-state index contributed by atoms with van der Waals surface area (Å²) in [6.07, 6.45) is 4.15. The molecule has 1 aromatic carbocycles. The molecule has 138 valence electrons. The average Bonchev–Trinajstić information content (AvgIpc) is 3.04. The van der Waals surface area contributed by atoms with E-state index in [9.17, 15) is 9.59 Å². The first kappa shape index (κ1) is 18.2. The van der Waals surface area contributed by atoms with E-state index < -0.39 is 0 Å². The molecule has 2 amide bonds. The molecule has 0 unspecified atom stereocenters. The third kappa shape index (κ3) is 3.82. The monoisotopic (exact) mass is 353 g/mol. The Kier molecular flexibility index (Phi) is 5.16. The minimum absolute atomic E-state index is 0.0444. The molecule has 2 aromatic rings. The molecule has 5 heteroatoms. The maximum Gasteiger partial charge on any atom is 0.255 e. The smallest absolute Gasteiger partial charge is 0.255 e. The number of amides is 2. The van der Waals surface area contributed by atoms with Crippen LogP contribution in [0, 0.1) is 20.8 Å². The van der Waals surface area contributed by atoms with Crippen molar-refractivity contribution in [1.29, 1.82) is 0 Å². The van der Waals surface area contributed by atoms with Crippen LogP contribution in [-0.2, 0) is 18.3 Å². The highest BCUT2D eigenvalue weighted by molar-refractivity contribution is 5.94. The van der Waals surface area contributed by atoms with Gasteiger partial charge >= 0.3 is 0 Å². The zero-order chi connectivity index (χ0) is 18.8. The van der Waals surface area contributed by atoms with E-state index in [1.165, 1.54) is 16.7 Å². The van der Waals surface area contributed by atoms with Crippen molar-refractivity contribution in [2.24, 2.45) is 7.05 Å². The Morgan fingerprint density at radius 2 is 1.54 bits per heavy atom. The lowest BCUT2D eigenvalue weighted by molar-refractivity contribution is -0.131. The molecule has 0 aliphatic carbocycles. The maximum atomic E-state index is 12.7. The summed E-state index contributed by atoms with van der Waals surface area (Å²) in [5.74, 6) is 0.190. The molecule has 3 rings (SSSR count). The second-order valence-corrected chi connectivity index (χ2v) is 7.29. The predicted molar refractivity (Wildman–Crippen MR) is 102 cm³/mol. The summed E-state index contributed by atoms with van der Waals surface area (Å²) in [6, 6.07) is 6.10. The number of aromatic nitrogens is 1. The summed E-state index contributed by atoms with van der Waals surface area (Å²) in [7, 11) is 1.91. The van der Waals surface area contributed by atoms with Gasteiger partial charge in [-0.2, -0.15) is 0 Å². The van der Waals surface area contributed by atoms with E-state index in [1.54, 1.807) is 0 Å². The molecule has 1 aromatic heterocycles. The molecule has 1 aliphatic heterocycles. The largest absolute Gasteiger partial charge is 0.356 e. The highest BCUT2D eigenvalue weighted by Crippen LogP contribution is 2.18. The van der Waals surface area contributed by atoms with Crippen molar-refractivity contribution in [3.8, 4) is 0 Å². The normalized spacial score (nSPS) is 14.6. The second kappa shape index (κ2) is 7.36. The molecular formula is C21H27N3O2. The van der Waals surface area contributed by atoms with Gasteiger partial charge in [0.15, 0.2) is 0 Å². The minimum Gasteiger partial charge on any atom is -0.356 e. The predicted octanol–water partition coefficient (Wildman–Crippen LogP) is 2.48. The van der Waals surface area contributed by atoms with Crippen LogP contribution in [0.5, 0.6) is 0 Å². The Morgan fingerprint density at radius 3 is 2.08 bits per heavy atom. The number of carbonyl (C=O) groups is 2. The molecule has 0 saturated carbocycles. The zero-order valence-electron chi connectivity index (χ0n) is 16.1. The van der Waals surface area contributed by atoms with E-state index >= 15 is 0 Å². The van der Waals surface area contributed by atoms with Gasteiger partial charge in [-0.1, -0.05) is 17.7 Å². The second-order valence-electron chi connectivity index (χ2n) is 7.29. The zero-order valence-corrected chi connectivity index (χ0v) is 16.1. The Morgan fingerprint density at radius 1 is 0.962 bits per heavy atom. The first-order chi connectivity index (χ1) is 12.3. The van der Waals surface area contributed by atoms with Crippen molar-refractivity contribution in [1.82, 2.24) is 14.4 Å². The van der Waals surface area contributed by atoms with Crippen LogP contribution in [0.25, 0.3) is 0 Å². The van der Waals surface area contributed by atoms with Crippen molar-refractivity contribution < 1.29 is 9.59 Å². The summed E-state index contributed by atoms with van der Waals surface area (Å²) in [4.78, 5) is 29.0. The molecule has 26 heavy (non-hydrogen) atoms. The maximum absolute atomic E-state index is 12.7. The van der Waals surface area contributed by atoms with Crippen LogP contribution in [0.3, 0.4) is 0 Å². The lowest BCUT2D eigenvalue weighted by atomic mass is 9.97. The highest BCUT2D eigenvalue weighted by Gasteiger charge is 2.25. The van der Waals surface area contributed by atoms with Crippen LogP contribution in [0.1, 0.15) is 32.6 Å². The van der Waals surface area contributed by atoms with Gasteiger partial charge in [-0.15, -0.1) is 0 Å². The molecule has 1 aliphatic rings. The number of hydrogen-bond acceptors (Lipinski definition) is 2. The van der Waals surface area contributed by atoms with Gasteiger partial charge in [-0.05, 0) is 43.5 Å². The van der Waals surface area contributed by atoms with Crippen molar-refractivity contribution in [3.63, 3.8) is 0 Å². The average molecular weight is 353 g/mol. The quantitative estimate of drug-likeness (QED) is 0.851. The Hall–Kier alpha value is -2.56. The molecule has 0 spiro atoms. The van der Waals surface area contributed by atoms with Gasteiger partial charge < -0.3 is 14.4 Å². The van der Waals surface area contributed by atoms with Gasteiger partial charge in [0, 0.05) is 45.6 Å². The minimum atomic E-state index is 0.0444. The van der Waals surface area contributed by atoms with Gasteiger partial charge in [0.25, 0.3) is 5.91 Å². The van der Waals surface area contributed by atoms with E-state index in [-0.39, 0.29) is 11.8 Å². The fourth-order valence-corrected chi connectivity index (χ4v) is 3.72. The van der Waals surface area contributed by atoms with Crippen LogP contribution in [0.4, 0.5) is 0 Å². The SMILES string of the molecule is Cc1cc(C)c(CC(=O)N2CCN(C(=O)c3ccn(C)c3)CC2)c(C)c1. The molecule has 2 heterocycles.